The molecule has 4 atom stereocenters. The van der Waals surface area contributed by atoms with Crippen LogP contribution < -0.4 is 4.90 Å². The largest absolute Gasteiger partial charge is 0.274 e. The lowest BCUT2D eigenvalue weighted by molar-refractivity contribution is -0.123. The van der Waals surface area contributed by atoms with E-state index in [4.69, 9.17) is 16.9 Å². The molecule has 3 aliphatic rings. The van der Waals surface area contributed by atoms with Gasteiger partial charge in [0.1, 0.15) is 0 Å². The summed E-state index contributed by atoms with van der Waals surface area (Å²) in [5, 5.41) is 9.13. The number of amides is 2. The number of imide groups is 1. The van der Waals surface area contributed by atoms with Crippen LogP contribution in [0.5, 0.6) is 0 Å². The first-order valence-corrected chi connectivity index (χ1v) is 7.25. The van der Waals surface area contributed by atoms with Crippen molar-refractivity contribution in [3.8, 4) is 6.07 Å². The van der Waals surface area contributed by atoms with Gasteiger partial charge in [0, 0.05) is 0 Å². The number of benzene rings is 1. The Balaban J connectivity index is 1.76. The Morgan fingerprint density at radius 1 is 1.14 bits per heavy atom. The van der Waals surface area contributed by atoms with E-state index in [1.165, 1.54) is 11.0 Å². The van der Waals surface area contributed by atoms with Gasteiger partial charge in [-0.05, 0) is 36.5 Å². The zero-order chi connectivity index (χ0) is 14.7. The molecule has 2 amide bonds. The molecule has 5 heteroatoms. The van der Waals surface area contributed by atoms with Crippen molar-refractivity contribution in [3.05, 3.63) is 40.9 Å². The van der Waals surface area contributed by atoms with Gasteiger partial charge in [-0.3, -0.25) is 9.59 Å². The molecule has 1 aromatic carbocycles. The van der Waals surface area contributed by atoms with Crippen LogP contribution in [0.15, 0.2) is 30.4 Å². The number of rotatable bonds is 1. The van der Waals surface area contributed by atoms with Crippen molar-refractivity contribution in [2.24, 2.45) is 23.7 Å². The Morgan fingerprint density at radius 2 is 1.76 bits per heavy atom. The number of hydrogen-bond donors (Lipinski definition) is 0. The van der Waals surface area contributed by atoms with Crippen LogP contribution in [0.2, 0.25) is 5.02 Å². The van der Waals surface area contributed by atoms with Crippen LogP contribution in [0.4, 0.5) is 5.69 Å². The maximum absolute atomic E-state index is 12.6. The molecule has 1 aliphatic heterocycles. The van der Waals surface area contributed by atoms with Crippen LogP contribution >= 0.6 is 11.6 Å². The number of allylic oxidation sites excluding steroid dienone is 2. The fraction of sp³-hybridized carbons (Fsp3) is 0.312. The van der Waals surface area contributed by atoms with E-state index in [1.54, 1.807) is 12.1 Å². The summed E-state index contributed by atoms with van der Waals surface area (Å²) in [6.45, 7) is 0. The Labute approximate surface area is 126 Å². The highest BCUT2D eigenvalue weighted by molar-refractivity contribution is 6.36. The molecule has 0 aromatic heterocycles. The van der Waals surface area contributed by atoms with E-state index in [0.29, 0.717) is 11.3 Å². The van der Waals surface area contributed by atoms with Crippen molar-refractivity contribution in [2.45, 2.75) is 6.42 Å². The number of nitriles is 1. The molecule has 21 heavy (non-hydrogen) atoms. The van der Waals surface area contributed by atoms with Gasteiger partial charge in [0.15, 0.2) is 0 Å². The predicted molar refractivity (Wildman–Crippen MR) is 76.4 cm³/mol. The first-order chi connectivity index (χ1) is 10.1. The van der Waals surface area contributed by atoms with Crippen LogP contribution in [0.3, 0.4) is 0 Å². The molecule has 2 bridgehead atoms. The van der Waals surface area contributed by atoms with Gasteiger partial charge < -0.3 is 0 Å². The molecule has 4 nitrogen and oxygen atoms in total. The highest BCUT2D eigenvalue weighted by Crippen LogP contribution is 2.53. The van der Waals surface area contributed by atoms with Gasteiger partial charge in [-0.15, -0.1) is 0 Å². The third-order valence-electron chi connectivity index (χ3n) is 4.79. The van der Waals surface area contributed by atoms with Gasteiger partial charge in [0.05, 0.1) is 34.2 Å². The number of anilines is 1. The minimum absolute atomic E-state index is 0.159. The molecular formula is C16H11ClN2O2. The van der Waals surface area contributed by atoms with Gasteiger partial charge >= 0.3 is 0 Å². The van der Waals surface area contributed by atoms with Crippen molar-refractivity contribution in [3.63, 3.8) is 0 Å². The summed E-state index contributed by atoms with van der Waals surface area (Å²) >= 11 is 6.15. The molecular weight excluding hydrogens is 288 g/mol. The minimum Gasteiger partial charge on any atom is -0.274 e. The standard InChI is InChI=1S/C16H11ClN2O2/c17-11-5-8(7-18)1-4-12(11)19-15(20)13-9-2-3-10(6-9)14(13)16(19)21/h1-5,9-10,13-14H,6H2/t9-,10-,13-,14-/m0/s1. The van der Waals surface area contributed by atoms with Gasteiger partial charge in [-0.2, -0.15) is 5.26 Å². The number of carbonyl (C=O) groups is 2. The van der Waals surface area contributed by atoms with Crippen LogP contribution in [0.25, 0.3) is 0 Å². The quantitative estimate of drug-likeness (QED) is 0.591. The van der Waals surface area contributed by atoms with Crippen molar-refractivity contribution >= 4 is 29.1 Å². The van der Waals surface area contributed by atoms with Gasteiger partial charge in [0.25, 0.3) is 0 Å². The van der Waals surface area contributed by atoms with Gasteiger partial charge in [0.2, 0.25) is 11.8 Å². The molecule has 0 spiro atoms. The molecule has 1 aromatic rings. The maximum atomic E-state index is 12.6. The van der Waals surface area contributed by atoms with Gasteiger partial charge in [-0.1, -0.05) is 23.8 Å². The minimum atomic E-state index is -0.237. The molecule has 1 heterocycles. The molecule has 1 saturated carbocycles. The van der Waals surface area contributed by atoms with E-state index in [2.05, 4.69) is 12.2 Å². The predicted octanol–water partition coefficient (Wildman–Crippen LogP) is 2.52. The lowest BCUT2D eigenvalue weighted by Gasteiger charge is -2.18. The molecule has 0 N–H and O–H groups in total. The summed E-state index contributed by atoms with van der Waals surface area (Å²) in [4.78, 5) is 26.5. The average molecular weight is 299 g/mol. The Hall–Kier alpha value is -2.12. The average Bonchev–Trinajstić information content (AvgIpc) is 3.14. The monoisotopic (exact) mass is 298 g/mol. The van der Waals surface area contributed by atoms with Crippen LogP contribution in [-0.4, -0.2) is 11.8 Å². The number of hydrogen-bond acceptors (Lipinski definition) is 3. The van der Waals surface area contributed by atoms with Crippen LogP contribution in [0.1, 0.15) is 12.0 Å². The highest BCUT2D eigenvalue weighted by atomic mass is 35.5. The smallest absolute Gasteiger partial charge is 0.238 e. The van der Waals surface area contributed by atoms with Crippen LogP contribution in [-0.2, 0) is 9.59 Å². The van der Waals surface area contributed by atoms with E-state index >= 15 is 0 Å². The first kappa shape index (κ1) is 12.6. The summed E-state index contributed by atoms with van der Waals surface area (Å²) in [7, 11) is 0. The van der Waals surface area contributed by atoms with Crippen molar-refractivity contribution in [2.75, 3.05) is 4.90 Å². The van der Waals surface area contributed by atoms with E-state index in [-0.39, 0.29) is 40.5 Å². The van der Waals surface area contributed by atoms with E-state index in [9.17, 15) is 9.59 Å². The van der Waals surface area contributed by atoms with Crippen LogP contribution in [0, 0.1) is 35.0 Å². The number of halogens is 1. The van der Waals surface area contributed by atoms with E-state index in [1.807, 2.05) is 6.07 Å². The summed E-state index contributed by atoms with van der Waals surface area (Å²) in [5.74, 6) is -0.433. The zero-order valence-electron chi connectivity index (χ0n) is 11.0. The fourth-order valence-electron chi connectivity index (χ4n) is 3.90. The van der Waals surface area contributed by atoms with E-state index < -0.39 is 0 Å². The molecule has 1 saturated heterocycles. The SMILES string of the molecule is N#Cc1ccc(N2C(=O)[C@@H]3[C@@H](C2=O)[C@H]2C=C[C@H]3C2)c(Cl)c1. The molecule has 0 radical (unpaired) electrons. The summed E-state index contributed by atoms with van der Waals surface area (Å²) in [6.07, 6.45) is 5.02. The molecule has 104 valence electrons. The Morgan fingerprint density at radius 3 is 2.29 bits per heavy atom. The summed E-state index contributed by atoms with van der Waals surface area (Å²) in [5.41, 5.74) is 0.796. The first-order valence-electron chi connectivity index (χ1n) is 6.87. The zero-order valence-corrected chi connectivity index (χ0v) is 11.7. The third kappa shape index (κ3) is 1.55. The lowest BCUT2D eigenvalue weighted by Crippen LogP contribution is -2.33. The number of fused-ring (bicyclic) bond motifs is 5. The highest BCUT2D eigenvalue weighted by Gasteiger charge is 2.59. The molecule has 4 rings (SSSR count). The summed E-state index contributed by atoms with van der Waals surface area (Å²) < 4.78 is 0. The van der Waals surface area contributed by atoms with Crippen molar-refractivity contribution in [1.29, 1.82) is 5.26 Å². The Kier molecular flexibility index (Phi) is 2.51. The van der Waals surface area contributed by atoms with Crippen molar-refractivity contribution in [1.82, 2.24) is 0 Å². The summed E-state index contributed by atoms with van der Waals surface area (Å²) in [6, 6.07) is 6.62. The van der Waals surface area contributed by atoms with Gasteiger partial charge in [-0.25, -0.2) is 4.90 Å². The number of nitrogens with zero attached hydrogens (tertiary/aromatic N) is 2. The topological polar surface area (TPSA) is 61.2 Å². The lowest BCUT2D eigenvalue weighted by atomic mass is 9.85. The second kappa shape index (κ2) is 4.19. The molecule has 2 fully saturated rings. The fourth-order valence-corrected chi connectivity index (χ4v) is 4.16. The normalized spacial score (nSPS) is 32.7. The Bertz CT molecular complexity index is 719. The number of carbonyl (C=O) groups excluding carboxylic acids is 2. The molecule has 2 aliphatic carbocycles. The third-order valence-corrected chi connectivity index (χ3v) is 5.09. The van der Waals surface area contributed by atoms with E-state index in [0.717, 1.165) is 6.42 Å². The van der Waals surface area contributed by atoms with Crippen molar-refractivity contribution < 1.29 is 9.59 Å². The maximum Gasteiger partial charge on any atom is 0.238 e. The molecule has 0 unspecified atom stereocenters. The second-order valence-corrected chi connectivity index (χ2v) is 6.20. The second-order valence-electron chi connectivity index (χ2n) is 5.79.